The Morgan fingerprint density at radius 2 is 1.07 bits per heavy atom. The van der Waals surface area contributed by atoms with Crippen LogP contribution in [0.5, 0.6) is 0 Å². The topological polar surface area (TPSA) is 40.5 Å². The minimum absolute atomic E-state index is 0.435. The summed E-state index contributed by atoms with van der Waals surface area (Å²) in [5.74, 6) is 3.17. The van der Waals surface area contributed by atoms with E-state index >= 15 is 0 Å². The maximum atomic E-state index is 9.75. The maximum Gasteiger partial charge on any atom is 0.0802 e. The van der Waals surface area contributed by atoms with Crippen LogP contribution in [-0.2, 0) is 0 Å². The fourth-order valence-electron chi connectivity index (χ4n) is 4.31. The van der Waals surface area contributed by atoms with Crippen LogP contribution in [0, 0.1) is 23.7 Å². The van der Waals surface area contributed by atoms with Gasteiger partial charge in [0.15, 0.2) is 0 Å². The lowest BCUT2D eigenvalue weighted by molar-refractivity contribution is -0.0223. The average Bonchev–Trinajstić information content (AvgIpc) is 2.56. The largest absolute Gasteiger partial charge is 0.390 e. The summed E-state index contributed by atoms with van der Waals surface area (Å²) in [6.07, 6.45) is 6.32. The Hall–Kier alpha value is -0.0800. The molecule has 14 heavy (non-hydrogen) atoms. The van der Waals surface area contributed by atoms with Gasteiger partial charge in [-0.3, -0.25) is 0 Å². The molecule has 0 aliphatic heterocycles. The van der Waals surface area contributed by atoms with Crippen LogP contribution in [0.1, 0.15) is 38.5 Å². The molecule has 2 nitrogen and oxygen atoms in total. The summed E-state index contributed by atoms with van der Waals surface area (Å²) in [6.45, 7) is 0. The van der Waals surface area contributed by atoms with Gasteiger partial charge in [-0.05, 0) is 49.4 Å². The average molecular weight is 196 g/mol. The molecule has 4 fully saturated rings. The van der Waals surface area contributed by atoms with Crippen molar-refractivity contribution in [2.24, 2.45) is 23.7 Å². The Morgan fingerprint density at radius 3 is 1.50 bits per heavy atom. The molecule has 4 bridgehead atoms. The lowest BCUT2D eigenvalue weighted by Crippen LogP contribution is -2.44. The summed E-state index contributed by atoms with van der Waals surface area (Å²) in [6, 6.07) is 0. The van der Waals surface area contributed by atoms with Gasteiger partial charge < -0.3 is 10.2 Å². The van der Waals surface area contributed by atoms with E-state index in [1.807, 2.05) is 0 Å². The summed E-state index contributed by atoms with van der Waals surface area (Å²) < 4.78 is 0. The fraction of sp³-hybridized carbons (Fsp3) is 1.00. The highest BCUT2D eigenvalue weighted by molar-refractivity contribution is 5.03. The van der Waals surface area contributed by atoms with Crippen LogP contribution in [0.2, 0.25) is 0 Å². The Balaban J connectivity index is 1.83. The Bertz CT molecular complexity index is 196. The van der Waals surface area contributed by atoms with Crippen LogP contribution in [0.3, 0.4) is 0 Å². The summed E-state index contributed by atoms with van der Waals surface area (Å²) in [5.41, 5.74) is 0. The molecule has 4 saturated carbocycles. The Labute approximate surface area is 85.3 Å². The van der Waals surface area contributed by atoms with Crippen molar-refractivity contribution < 1.29 is 10.2 Å². The molecule has 0 aromatic carbocycles. The summed E-state index contributed by atoms with van der Waals surface area (Å²) in [5, 5.41) is 19.5. The predicted molar refractivity (Wildman–Crippen MR) is 53.7 cm³/mol. The van der Waals surface area contributed by atoms with Crippen molar-refractivity contribution in [2.45, 2.75) is 50.7 Å². The molecule has 4 aliphatic carbocycles. The zero-order valence-electron chi connectivity index (χ0n) is 8.60. The molecule has 0 radical (unpaired) electrons. The van der Waals surface area contributed by atoms with Gasteiger partial charge >= 0.3 is 0 Å². The maximum absolute atomic E-state index is 9.75. The highest BCUT2D eigenvalue weighted by Gasteiger charge is 2.54. The Morgan fingerprint density at radius 1 is 0.643 bits per heavy atom. The zero-order valence-corrected chi connectivity index (χ0v) is 8.60. The van der Waals surface area contributed by atoms with Crippen molar-refractivity contribution in [3.8, 4) is 0 Å². The van der Waals surface area contributed by atoms with E-state index in [0.717, 1.165) is 36.5 Å². The second-order valence-electron chi connectivity index (χ2n) is 5.55. The third kappa shape index (κ3) is 1.17. The lowest BCUT2D eigenvalue weighted by atomic mass is 9.55. The molecule has 2 N–H and O–H groups in total. The predicted octanol–water partition coefficient (Wildman–Crippen LogP) is 1.55. The quantitative estimate of drug-likeness (QED) is 0.617. The van der Waals surface area contributed by atoms with E-state index in [1.54, 1.807) is 0 Å². The van der Waals surface area contributed by atoms with Crippen LogP contribution in [0.4, 0.5) is 0 Å². The van der Waals surface area contributed by atoms with Crippen molar-refractivity contribution in [3.05, 3.63) is 0 Å². The zero-order chi connectivity index (χ0) is 9.71. The number of hydrogen-bond acceptors (Lipinski definition) is 2. The first-order valence-electron chi connectivity index (χ1n) is 6.13. The molecule has 0 saturated heterocycles. The molecule has 4 rings (SSSR count). The molecular weight excluding hydrogens is 176 g/mol. The van der Waals surface area contributed by atoms with Crippen molar-refractivity contribution in [1.82, 2.24) is 0 Å². The van der Waals surface area contributed by atoms with E-state index < -0.39 is 12.2 Å². The second kappa shape index (κ2) is 3.21. The first-order valence-corrected chi connectivity index (χ1v) is 6.13. The number of rotatable bonds is 0. The van der Waals surface area contributed by atoms with Crippen LogP contribution in [0.15, 0.2) is 0 Å². The van der Waals surface area contributed by atoms with E-state index in [0.29, 0.717) is 0 Å². The van der Waals surface area contributed by atoms with Crippen LogP contribution in [0.25, 0.3) is 0 Å². The molecule has 2 unspecified atom stereocenters. The van der Waals surface area contributed by atoms with E-state index in [-0.39, 0.29) is 0 Å². The highest BCUT2D eigenvalue weighted by atomic mass is 16.3. The van der Waals surface area contributed by atoms with Gasteiger partial charge in [-0.15, -0.1) is 0 Å². The number of aliphatic hydroxyl groups is 2. The number of aliphatic hydroxyl groups excluding tert-OH is 2. The smallest absolute Gasteiger partial charge is 0.0802 e. The van der Waals surface area contributed by atoms with Crippen molar-refractivity contribution in [3.63, 3.8) is 0 Å². The minimum Gasteiger partial charge on any atom is -0.390 e. The third-order valence-corrected chi connectivity index (χ3v) is 5.00. The Kier molecular flexibility index (Phi) is 2.10. The lowest BCUT2D eigenvalue weighted by Gasteiger charge is -2.50. The van der Waals surface area contributed by atoms with E-state index in [4.69, 9.17) is 0 Å². The first kappa shape index (κ1) is 9.17. The van der Waals surface area contributed by atoms with Crippen molar-refractivity contribution >= 4 is 0 Å². The first-order chi connectivity index (χ1) is 6.77. The second-order valence-corrected chi connectivity index (χ2v) is 5.55. The van der Waals surface area contributed by atoms with E-state index in [2.05, 4.69) is 0 Å². The molecule has 0 aromatic heterocycles. The minimum atomic E-state index is -0.435. The summed E-state index contributed by atoms with van der Waals surface area (Å²) in [7, 11) is 0. The van der Waals surface area contributed by atoms with Gasteiger partial charge in [0, 0.05) is 0 Å². The van der Waals surface area contributed by atoms with E-state index in [9.17, 15) is 10.2 Å². The molecule has 80 valence electrons. The van der Waals surface area contributed by atoms with Gasteiger partial charge in [0.25, 0.3) is 0 Å². The fourth-order valence-corrected chi connectivity index (χ4v) is 4.31. The van der Waals surface area contributed by atoms with Crippen LogP contribution in [-0.4, -0.2) is 22.4 Å². The number of fused-ring (bicyclic) bond motifs is 3. The highest BCUT2D eigenvalue weighted by Crippen LogP contribution is 2.58. The molecule has 0 amide bonds. The molecule has 0 heterocycles. The summed E-state index contributed by atoms with van der Waals surface area (Å²) in [4.78, 5) is 0. The monoisotopic (exact) mass is 196 g/mol. The van der Waals surface area contributed by atoms with Gasteiger partial charge in [-0.25, -0.2) is 0 Å². The van der Waals surface area contributed by atoms with E-state index in [1.165, 1.54) is 25.7 Å². The van der Waals surface area contributed by atoms with Crippen LogP contribution < -0.4 is 0 Å². The molecule has 2 heteroatoms. The SMILES string of the molecule is O[C@@H]1CC2C3CCCCC2C3C[C@@H]1O. The molecule has 4 atom stereocenters. The third-order valence-electron chi connectivity index (χ3n) is 5.00. The van der Waals surface area contributed by atoms with Gasteiger partial charge in [-0.2, -0.15) is 0 Å². The van der Waals surface area contributed by atoms with Crippen molar-refractivity contribution in [1.29, 1.82) is 0 Å². The van der Waals surface area contributed by atoms with Gasteiger partial charge in [0.05, 0.1) is 12.2 Å². The van der Waals surface area contributed by atoms with Crippen molar-refractivity contribution in [2.75, 3.05) is 0 Å². The normalized spacial score (nSPS) is 57.0. The molecule has 0 spiro atoms. The summed E-state index contributed by atoms with van der Waals surface area (Å²) >= 11 is 0. The molecule has 4 aliphatic rings. The molecular formula is C12H20O2. The van der Waals surface area contributed by atoms with Gasteiger partial charge in [0.2, 0.25) is 0 Å². The number of hydrogen-bond donors (Lipinski definition) is 2. The standard InChI is InChI=1S/C12H20O2/c13-11-5-9-7-3-1-2-4-8(9)10(7)6-12(11)14/h7-14H,1-6H2/t7?,8?,9?,10?,11-,12+. The molecule has 0 aromatic rings. The van der Waals surface area contributed by atoms with Gasteiger partial charge in [-0.1, -0.05) is 12.8 Å². The van der Waals surface area contributed by atoms with Crippen LogP contribution >= 0.6 is 0 Å². The van der Waals surface area contributed by atoms with Gasteiger partial charge in [0.1, 0.15) is 0 Å².